The van der Waals surface area contributed by atoms with E-state index in [9.17, 15) is 9.59 Å². The van der Waals surface area contributed by atoms with Crippen LogP contribution in [-0.4, -0.2) is 23.7 Å². The summed E-state index contributed by atoms with van der Waals surface area (Å²) in [6, 6.07) is 5.78. The highest BCUT2D eigenvalue weighted by atomic mass is 35.5. The van der Waals surface area contributed by atoms with Gasteiger partial charge in [0.2, 0.25) is 0 Å². The standard InChI is InChI=1S/C7H5ClO4.C4H8O2/c8-12-11-6-3-1-2-5(4-6)7(9)10;1-3-6-4(2)5/h1-4H,(H,9,10);3H2,1-2H3. The van der Waals surface area contributed by atoms with E-state index >= 15 is 0 Å². The molecule has 0 unspecified atom stereocenters. The van der Waals surface area contributed by atoms with Crippen molar-refractivity contribution in [1.82, 2.24) is 0 Å². The Morgan fingerprint density at radius 1 is 1.39 bits per heavy atom. The van der Waals surface area contributed by atoms with E-state index in [2.05, 4.69) is 14.1 Å². The summed E-state index contributed by atoms with van der Waals surface area (Å²) in [5.74, 6) is -1.00. The van der Waals surface area contributed by atoms with Gasteiger partial charge in [0.15, 0.2) is 5.75 Å². The molecule has 0 amide bonds. The van der Waals surface area contributed by atoms with Crippen LogP contribution in [0.5, 0.6) is 5.75 Å². The van der Waals surface area contributed by atoms with Crippen molar-refractivity contribution in [2.45, 2.75) is 13.8 Å². The van der Waals surface area contributed by atoms with E-state index in [4.69, 9.17) is 17.0 Å². The Morgan fingerprint density at radius 2 is 2.06 bits per heavy atom. The molecule has 100 valence electrons. The topological polar surface area (TPSA) is 82.1 Å². The van der Waals surface area contributed by atoms with Crippen molar-refractivity contribution in [3.05, 3.63) is 29.8 Å². The molecule has 1 aromatic carbocycles. The van der Waals surface area contributed by atoms with Crippen molar-refractivity contribution in [3.63, 3.8) is 0 Å². The molecule has 0 aliphatic heterocycles. The van der Waals surface area contributed by atoms with Gasteiger partial charge in [-0.1, -0.05) is 10.5 Å². The molecule has 0 atom stereocenters. The third kappa shape index (κ3) is 7.48. The Balaban J connectivity index is 0.000000411. The van der Waals surface area contributed by atoms with E-state index in [1.54, 1.807) is 6.92 Å². The summed E-state index contributed by atoms with van der Waals surface area (Å²) >= 11 is 4.80. The summed E-state index contributed by atoms with van der Waals surface area (Å²) in [4.78, 5) is 24.6. The second-order valence-corrected chi connectivity index (χ2v) is 3.03. The van der Waals surface area contributed by atoms with Crippen LogP contribution in [0, 0.1) is 0 Å². The first-order valence-corrected chi connectivity index (χ1v) is 5.24. The quantitative estimate of drug-likeness (QED) is 0.517. The van der Waals surface area contributed by atoms with E-state index in [1.807, 2.05) is 0 Å². The Bertz CT molecular complexity index is 393. The SMILES string of the molecule is CCOC(C)=O.O=C(O)c1cccc(OOCl)c1. The third-order valence-corrected chi connectivity index (χ3v) is 1.62. The van der Waals surface area contributed by atoms with Crippen LogP contribution in [0.25, 0.3) is 0 Å². The number of carboxylic acid groups (broad SMARTS) is 1. The highest BCUT2D eigenvalue weighted by Gasteiger charge is 2.03. The van der Waals surface area contributed by atoms with Gasteiger partial charge in [0.05, 0.1) is 12.2 Å². The zero-order valence-corrected chi connectivity index (χ0v) is 10.6. The monoisotopic (exact) mass is 276 g/mol. The fraction of sp³-hybridized carbons (Fsp3) is 0.273. The maximum atomic E-state index is 10.4. The van der Waals surface area contributed by atoms with Crippen LogP contribution in [0.1, 0.15) is 24.2 Å². The number of benzene rings is 1. The predicted octanol–water partition coefficient (Wildman–Crippen LogP) is 2.42. The molecule has 1 aromatic rings. The Morgan fingerprint density at radius 3 is 2.44 bits per heavy atom. The lowest BCUT2D eigenvalue weighted by Crippen LogP contribution is -1.96. The summed E-state index contributed by atoms with van der Waals surface area (Å²) in [5, 5.41) is 8.55. The van der Waals surface area contributed by atoms with Crippen molar-refractivity contribution < 1.29 is 28.8 Å². The van der Waals surface area contributed by atoms with E-state index in [0.717, 1.165) is 0 Å². The van der Waals surface area contributed by atoms with Gasteiger partial charge < -0.3 is 14.7 Å². The first kappa shape index (κ1) is 16.2. The number of hydrogen-bond donors (Lipinski definition) is 1. The molecule has 0 saturated carbocycles. The molecule has 1 N–H and O–H groups in total. The number of carboxylic acids is 1. The van der Waals surface area contributed by atoms with Gasteiger partial charge in [-0.15, -0.1) is 0 Å². The number of carbonyl (C=O) groups excluding carboxylic acids is 1. The van der Waals surface area contributed by atoms with Crippen LogP contribution < -0.4 is 4.89 Å². The van der Waals surface area contributed by atoms with Gasteiger partial charge in [0.1, 0.15) is 11.9 Å². The van der Waals surface area contributed by atoms with Gasteiger partial charge in [0.25, 0.3) is 0 Å². The number of hydrogen-bond acceptors (Lipinski definition) is 5. The first-order chi connectivity index (χ1) is 8.51. The minimum Gasteiger partial charge on any atom is -0.478 e. The van der Waals surface area contributed by atoms with Crippen molar-refractivity contribution >= 4 is 23.8 Å². The van der Waals surface area contributed by atoms with Crippen LogP contribution in [-0.2, 0) is 14.0 Å². The average molecular weight is 277 g/mol. The van der Waals surface area contributed by atoms with Gasteiger partial charge in [-0.25, -0.2) is 4.79 Å². The normalized spacial score (nSPS) is 8.83. The number of carbonyl (C=O) groups is 2. The molecule has 0 bridgehead atoms. The lowest BCUT2D eigenvalue weighted by Gasteiger charge is -1.98. The predicted molar refractivity (Wildman–Crippen MR) is 63.3 cm³/mol. The van der Waals surface area contributed by atoms with E-state index in [-0.39, 0.29) is 17.3 Å². The molecule has 0 spiro atoms. The summed E-state index contributed by atoms with van der Waals surface area (Å²) in [6.07, 6.45) is 0. The highest BCUT2D eigenvalue weighted by Crippen LogP contribution is 2.13. The minimum atomic E-state index is -1.03. The van der Waals surface area contributed by atoms with Gasteiger partial charge in [-0.2, -0.15) is 0 Å². The van der Waals surface area contributed by atoms with Gasteiger partial charge >= 0.3 is 11.9 Å². The smallest absolute Gasteiger partial charge is 0.335 e. The number of aromatic carboxylic acids is 1. The lowest BCUT2D eigenvalue weighted by atomic mass is 10.2. The second kappa shape index (κ2) is 9.26. The lowest BCUT2D eigenvalue weighted by molar-refractivity contribution is -0.140. The van der Waals surface area contributed by atoms with Crippen molar-refractivity contribution in [3.8, 4) is 5.75 Å². The molecule has 0 fully saturated rings. The Hall–Kier alpha value is -1.79. The molecule has 0 heterocycles. The zero-order valence-electron chi connectivity index (χ0n) is 9.88. The number of rotatable bonds is 4. The average Bonchev–Trinajstić information content (AvgIpc) is 2.30. The molecule has 0 aliphatic carbocycles. The second-order valence-electron chi connectivity index (χ2n) is 2.90. The summed E-state index contributed by atoms with van der Waals surface area (Å²) in [6.45, 7) is 3.65. The van der Waals surface area contributed by atoms with Crippen LogP contribution >= 0.6 is 11.9 Å². The van der Waals surface area contributed by atoms with Crippen LogP contribution in [0.4, 0.5) is 0 Å². The molecule has 0 radical (unpaired) electrons. The van der Waals surface area contributed by atoms with Crippen LogP contribution in [0.2, 0.25) is 0 Å². The summed E-state index contributed by atoms with van der Waals surface area (Å²) in [5.41, 5.74) is 0.112. The van der Waals surface area contributed by atoms with Gasteiger partial charge in [-0.05, 0) is 25.1 Å². The number of ether oxygens (including phenoxy) is 1. The molecule has 6 nitrogen and oxygen atoms in total. The van der Waals surface area contributed by atoms with Crippen molar-refractivity contribution in [2.75, 3.05) is 6.61 Å². The third-order valence-electron chi connectivity index (χ3n) is 1.56. The van der Waals surface area contributed by atoms with Gasteiger partial charge in [0, 0.05) is 6.92 Å². The number of halogens is 1. The van der Waals surface area contributed by atoms with Gasteiger partial charge in [-0.3, -0.25) is 4.79 Å². The first-order valence-electron chi connectivity index (χ1n) is 4.93. The highest BCUT2D eigenvalue weighted by molar-refractivity contribution is 6.06. The fourth-order valence-electron chi connectivity index (χ4n) is 0.921. The Labute approximate surface area is 109 Å². The van der Waals surface area contributed by atoms with Crippen LogP contribution in [0.15, 0.2) is 24.3 Å². The van der Waals surface area contributed by atoms with E-state index in [1.165, 1.54) is 31.2 Å². The molecular weight excluding hydrogens is 264 g/mol. The zero-order chi connectivity index (χ0) is 14.0. The minimum absolute atomic E-state index is 0.112. The number of esters is 1. The van der Waals surface area contributed by atoms with Crippen LogP contribution in [0.3, 0.4) is 0 Å². The van der Waals surface area contributed by atoms with Crippen molar-refractivity contribution in [1.29, 1.82) is 0 Å². The maximum absolute atomic E-state index is 10.4. The maximum Gasteiger partial charge on any atom is 0.335 e. The molecule has 0 aromatic heterocycles. The van der Waals surface area contributed by atoms with Crippen molar-refractivity contribution in [2.24, 2.45) is 0 Å². The summed E-state index contributed by atoms with van der Waals surface area (Å²) in [7, 11) is 0. The molecule has 7 heteroatoms. The Kier molecular flexibility index (Phi) is 8.34. The molecular formula is C11H13ClO6. The molecule has 18 heavy (non-hydrogen) atoms. The molecule has 0 saturated heterocycles. The summed E-state index contributed by atoms with van der Waals surface area (Å²) < 4.78 is 8.24. The molecule has 0 aliphatic rings. The van der Waals surface area contributed by atoms with E-state index in [0.29, 0.717) is 6.61 Å². The fourth-order valence-corrected chi connectivity index (χ4v) is 0.993. The van der Waals surface area contributed by atoms with E-state index < -0.39 is 5.97 Å². The molecule has 1 rings (SSSR count). The largest absolute Gasteiger partial charge is 0.478 e.